The third-order valence-electron chi connectivity index (χ3n) is 5.10. The van der Waals surface area contributed by atoms with Crippen molar-refractivity contribution in [1.82, 2.24) is 9.99 Å². The molecule has 0 saturated carbocycles. The molecule has 2 heterocycles. The summed E-state index contributed by atoms with van der Waals surface area (Å²) in [6, 6.07) is 15.0. The molecule has 6 heteroatoms. The molecule has 1 aliphatic heterocycles. The Morgan fingerprint density at radius 1 is 1.24 bits per heavy atom. The highest BCUT2D eigenvalue weighted by atomic mass is 16.5. The maximum atomic E-state index is 12.8. The standard InChI is InChI=1S/C23H23N3O3/c1-4-29-18-8-9-20-17(11-18)12-19(23(28)24-20)22-13-21(25-26(22)15(3)27)16-7-5-6-14(2)10-16/h5-12,22H,4,13H2,1-3H3,(H,24,28)/t22-/m0/s1. The summed E-state index contributed by atoms with van der Waals surface area (Å²) < 4.78 is 5.58. The van der Waals surface area contributed by atoms with E-state index in [2.05, 4.69) is 10.1 Å². The minimum Gasteiger partial charge on any atom is -0.494 e. The molecule has 1 atom stereocenters. The SMILES string of the molecule is CCOc1ccc2[nH]c(=O)c([C@@H]3CC(c4cccc(C)c4)=NN3C(C)=O)cc2c1. The predicted octanol–water partition coefficient (Wildman–Crippen LogP) is 3.93. The number of aryl methyl sites for hydroxylation is 1. The van der Waals surface area contributed by atoms with Gasteiger partial charge in [-0.3, -0.25) is 9.59 Å². The second-order valence-corrected chi connectivity index (χ2v) is 7.24. The van der Waals surface area contributed by atoms with E-state index < -0.39 is 6.04 Å². The lowest BCUT2D eigenvalue weighted by atomic mass is 9.97. The van der Waals surface area contributed by atoms with Crippen molar-refractivity contribution in [3.05, 3.63) is 75.6 Å². The van der Waals surface area contributed by atoms with Gasteiger partial charge in [0.1, 0.15) is 5.75 Å². The van der Waals surface area contributed by atoms with Crippen LogP contribution in [0, 0.1) is 6.92 Å². The van der Waals surface area contributed by atoms with E-state index in [-0.39, 0.29) is 11.5 Å². The second-order valence-electron chi connectivity index (χ2n) is 7.24. The molecule has 0 aliphatic carbocycles. The fraction of sp³-hybridized carbons (Fsp3) is 0.261. The van der Waals surface area contributed by atoms with Crippen LogP contribution in [0.2, 0.25) is 0 Å². The first-order valence-corrected chi connectivity index (χ1v) is 9.70. The molecule has 1 aliphatic rings. The van der Waals surface area contributed by atoms with Crippen LogP contribution in [0.4, 0.5) is 0 Å². The Labute approximate surface area is 168 Å². The van der Waals surface area contributed by atoms with Crippen LogP contribution in [0.15, 0.2) is 58.4 Å². The molecule has 0 unspecified atom stereocenters. The van der Waals surface area contributed by atoms with Gasteiger partial charge in [0.25, 0.3) is 5.56 Å². The largest absolute Gasteiger partial charge is 0.494 e. The second kappa shape index (κ2) is 7.54. The van der Waals surface area contributed by atoms with Gasteiger partial charge >= 0.3 is 0 Å². The van der Waals surface area contributed by atoms with Crippen LogP contribution in [-0.4, -0.2) is 28.2 Å². The fourth-order valence-electron chi connectivity index (χ4n) is 3.75. The molecule has 0 radical (unpaired) electrons. The van der Waals surface area contributed by atoms with Gasteiger partial charge in [-0.05, 0) is 43.7 Å². The summed E-state index contributed by atoms with van der Waals surface area (Å²) in [4.78, 5) is 28.0. The summed E-state index contributed by atoms with van der Waals surface area (Å²) in [5.74, 6) is 0.546. The molecule has 29 heavy (non-hydrogen) atoms. The predicted molar refractivity (Wildman–Crippen MR) is 113 cm³/mol. The average molecular weight is 389 g/mol. The van der Waals surface area contributed by atoms with E-state index in [1.165, 1.54) is 11.9 Å². The molecule has 2 aromatic carbocycles. The van der Waals surface area contributed by atoms with Gasteiger partial charge in [-0.25, -0.2) is 5.01 Å². The number of hydrogen-bond acceptors (Lipinski definition) is 4. The van der Waals surface area contributed by atoms with Gasteiger partial charge in [0, 0.05) is 29.8 Å². The monoisotopic (exact) mass is 389 g/mol. The minimum atomic E-state index is -0.438. The Morgan fingerprint density at radius 2 is 2.07 bits per heavy atom. The maximum absolute atomic E-state index is 12.8. The molecular formula is C23H23N3O3. The van der Waals surface area contributed by atoms with Crippen molar-refractivity contribution >= 4 is 22.5 Å². The molecule has 1 amide bonds. The Hall–Kier alpha value is -3.41. The summed E-state index contributed by atoms with van der Waals surface area (Å²) in [5, 5.41) is 6.82. The molecule has 3 aromatic rings. The molecule has 0 fully saturated rings. The van der Waals surface area contributed by atoms with Gasteiger partial charge < -0.3 is 9.72 Å². The third-order valence-corrected chi connectivity index (χ3v) is 5.10. The fourth-order valence-corrected chi connectivity index (χ4v) is 3.75. The first-order valence-electron chi connectivity index (χ1n) is 9.70. The molecule has 1 aromatic heterocycles. The van der Waals surface area contributed by atoms with Crippen LogP contribution in [0.1, 0.15) is 43.0 Å². The van der Waals surface area contributed by atoms with E-state index in [1.807, 2.05) is 62.4 Å². The summed E-state index contributed by atoms with van der Waals surface area (Å²) in [6.45, 7) is 5.98. The van der Waals surface area contributed by atoms with Crippen LogP contribution >= 0.6 is 0 Å². The number of aromatic amines is 1. The number of H-pyrrole nitrogens is 1. The first kappa shape index (κ1) is 18.9. The lowest BCUT2D eigenvalue weighted by Crippen LogP contribution is -2.29. The van der Waals surface area contributed by atoms with E-state index in [0.717, 1.165) is 33.5 Å². The highest BCUT2D eigenvalue weighted by molar-refractivity contribution is 6.03. The maximum Gasteiger partial charge on any atom is 0.253 e. The molecular weight excluding hydrogens is 366 g/mol. The zero-order valence-electron chi connectivity index (χ0n) is 16.7. The first-order chi connectivity index (χ1) is 14.0. The number of benzene rings is 2. The van der Waals surface area contributed by atoms with Crippen molar-refractivity contribution in [3.8, 4) is 5.75 Å². The average Bonchev–Trinajstić information content (AvgIpc) is 3.13. The number of hydrazone groups is 1. The van der Waals surface area contributed by atoms with Gasteiger partial charge in [0.2, 0.25) is 5.91 Å². The van der Waals surface area contributed by atoms with E-state index in [0.29, 0.717) is 18.6 Å². The number of ether oxygens (including phenoxy) is 1. The normalized spacial score (nSPS) is 16.2. The number of nitrogens with zero attached hydrogens (tertiary/aromatic N) is 2. The topological polar surface area (TPSA) is 74.8 Å². The Kier molecular flexibility index (Phi) is 4.92. The van der Waals surface area contributed by atoms with Crippen LogP contribution < -0.4 is 10.3 Å². The van der Waals surface area contributed by atoms with E-state index in [1.54, 1.807) is 0 Å². The van der Waals surface area contributed by atoms with Gasteiger partial charge in [0.15, 0.2) is 0 Å². The van der Waals surface area contributed by atoms with Gasteiger partial charge in [-0.1, -0.05) is 29.8 Å². The smallest absolute Gasteiger partial charge is 0.253 e. The minimum absolute atomic E-state index is 0.194. The number of carbonyl (C=O) groups is 1. The van der Waals surface area contributed by atoms with Crippen molar-refractivity contribution < 1.29 is 9.53 Å². The van der Waals surface area contributed by atoms with Crippen molar-refractivity contribution in [2.45, 2.75) is 33.2 Å². The molecule has 0 saturated heterocycles. The lowest BCUT2D eigenvalue weighted by Gasteiger charge is -2.20. The highest BCUT2D eigenvalue weighted by Gasteiger charge is 2.33. The van der Waals surface area contributed by atoms with Crippen LogP contribution in [-0.2, 0) is 4.79 Å². The van der Waals surface area contributed by atoms with Crippen LogP contribution in [0.25, 0.3) is 10.9 Å². The summed E-state index contributed by atoms with van der Waals surface area (Å²) in [7, 11) is 0. The molecule has 0 bridgehead atoms. The zero-order valence-corrected chi connectivity index (χ0v) is 16.7. The van der Waals surface area contributed by atoms with Crippen LogP contribution in [0.5, 0.6) is 5.75 Å². The van der Waals surface area contributed by atoms with E-state index in [9.17, 15) is 9.59 Å². The van der Waals surface area contributed by atoms with Crippen molar-refractivity contribution in [2.75, 3.05) is 6.61 Å². The quantitative estimate of drug-likeness (QED) is 0.735. The molecule has 148 valence electrons. The third kappa shape index (κ3) is 3.66. The summed E-state index contributed by atoms with van der Waals surface area (Å²) in [6.07, 6.45) is 0.489. The number of nitrogens with one attached hydrogen (secondary N) is 1. The van der Waals surface area contributed by atoms with Crippen LogP contribution in [0.3, 0.4) is 0 Å². The molecule has 0 spiro atoms. The Bertz CT molecular complexity index is 1180. The number of amides is 1. The number of carbonyl (C=O) groups excluding carboxylic acids is 1. The molecule has 1 N–H and O–H groups in total. The zero-order chi connectivity index (χ0) is 20.5. The number of pyridine rings is 1. The number of hydrogen-bond donors (Lipinski definition) is 1. The van der Waals surface area contributed by atoms with Crippen molar-refractivity contribution in [1.29, 1.82) is 0 Å². The molecule has 6 nitrogen and oxygen atoms in total. The van der Waals surface area contributed by atoms with Gasteiger partial charge in [-0.2, -0.15) is 5.10 Å². The number of aromatic nitrogens is 1. The van der Waals surface area contributed by atoms with E-state index in [4.69, 9.17) is 4.74 Å². The highest BCUT2D eigenvalue weighted by Crippen LogP contribution is 2.32. The van der Waals surface area contributed by atoms with Crippen molar-refractivity contribution in [3.63, 3.8) is 0 Å². The van der Waals surface area contributed by atoms with E-state index >= 15 is 0 Å². The summed E-state index contributed by atoms with van der Waals surface area (Å²) in [5.41, 5.74) is 3.93. The molecule has 4 rings (SSSR count). The lowest BCUT2D eigenvalue weighted by molar-refractivity contribution is -0.130. The number of rotatable bonds is 4. The van der Waals surface area contributed by atoms with Gasteiger partial charge in [0.05, 0.1) is 18.4 Å². The van der Waals surface area contributed by atoms with Gasteiger partial charge in [-0.15, -0.1) is 0 Å². The Morgan fingerprint density at radius 3 is 2.79 bits per heavy atom. The van der Waals surface area contributed by atoms with Crippen molar-refractivity contribution in [2.24, 2.45) is 5.10 Å². The summed E-state index contributed by atoms with van der Waals surface area (Å²) >= 11 is 0. The Balaban J connectivity index is 1.76. The number of fused-ring (bicyclic) bond motifs is 1.